The van der Waals surface area contributed by atoms with E-state index in [0.29, 0.717) is 29.0 Å². The van der Waals surface area contributed by atoms with E-state index in [1.54, 1.807) is 30.3 Å². The summed E-state index contributed by atoms with van der Waals surface area (Å²) in [6.07, 6.45) is -2.47. The minimum absolute atomic E-state index is 0.295. The van der Waals surface area contributed by atoms with Crippen molar-refractivity contribution in [1.82, 2.24) is 5.32 Å². The van der Waals surface area contributed by atoms with Gasteiger partial charge in [-0.25, -0.2) is 0 Å². The highest BCUT2D eigenvalue weighted by molar-refractivity contribution is 7.99. The number of alkyl halides is 3. The van der Waals surface area contributed by atoms with Crippen molar-refractivity contribution in [1.29, 1.82) is 0 Å². The first-order valence-corrected chi connectivity index (χ1v) is 10.8. The minimum Gasteiger partial charge on any atom is -0.351 e. The normalized spacial score (nSPS) is 14.4. The lowest BCUT2D eigenvalue weighted by Crippen LogP contribution is -2.35. The van der Waals surface area contributed by atoms with Crippen LogP contribution in [0.4, 0.5) is 13.2 Å². The van der Waals surface area contributed by atoms with Crippen molar-refractivity contribution < 1.29 is 22.2 Å². The second-order valence-corrected chi connectivity index (χ2v) is 10.2. The first-order chi connectivity index (χ1) is 12.8. The number of amides is 1. The maximum absolute atomic E-state index is 12.9. The second-order valence-electron chi connectivity index (χ2n) is 7.75. The lowest BCUT2D eigenvalue weighted by Gasteiger charge is -2.25. The van der Waals surface area contributed by atoms with Crippen LogP contribution in [-0.2, 0) is 22.1 Å². The van der Waals surface area contributed by atoms with Crippen LogP contribution in [0, 0.1) is 5.41 Å². The number of hydrogen-bond acceptors (Lipinski definition) is 2. The van der Waals surface area contributed by atoms with Crippen LogP contribution < -0.4 is 5.32 Å². The molecule has 1 unspecified atom stereocenters. The molecule has 0 saturated carbocycles. The molecule has 2 aromatic rings. The molecule has 28 heavy (non-hydrogen) atoms. The van der Waals surface area contributed by atoms with Crippen LogP contribution in [-0.4, -0.2) is 28.8 Å². The van der Waals surface area contributed by atoms with Gasteiger partial charge in [-0.3, -0.25) is 9.00 Å². The Morgan fingerprint density at radius 3 is 2.25 bits per heavy atom. The van der Waals surface area contributed by atoms with Gasteiger partial charge in [0.25, 0.3) is 5.91 Å². The average Bonchev–Trinajstić information content (AvgIpc) is 2.58. The summed E-state index contributed by atoms with van der Waals surface area (Å²) in [5.41, 5.74) is -0.137. The molecule has 3 nitrogen and oxygen atoms in total. The van der Waals surface area contributed by atoms with Gasteiger partial charge in [-0.1, -0.05) is 32.0 Å². The molecule has 0 saturated heterocycles. The molecule has 2 aromatic carbocycles. The Bertz CT molecular complexity index is 946. The number of rotatable bonds is 6. The van der Waals surface area contributed by atoms with E-state index in [4.69, 9.17) is 0 Å². The lowest BCUT2D eigenvalue weighted by molar-refractivity contribution is -0.137. The molecule has 0 fully saturated rings. The van der Waals surface area contributed by atoms with Crippen molar-refractivity contribution in [3.8, 4) is 0 Å². The van der Waals surface area contributed by atoms with Gasteiger partial charge in [0.05, 0.1) is 5.56 Å². The molecule has 0 radical (unpaired) electrons. The maximum Gasteiger partial charge on any atom is 0.416 e. The monoisotopic (exact) mass is 411 g/mol. The van der Waals surface area contributed by atoms with Gasteiger partial charge in [-0.15, -0.1) is 0 Å². The third kappa shape index (κ3) is 6.12. The number of nitrogens with one attached hydrogen (secondary N) is 1. The van der Waals surface area contributed by atoms with E-state index in [1.807, 2.05) is 13.8 Å². The van der Waals surface area contributed by atoms with Gasteiger partial charge in [0.15, 0.2) is 0 Å². The van der Waals surface area contributed by atoms with Gasteiger partial charge in [-0.2, -0.15) is 13.2 Å². The summed E-state index contributed by atoms with van der Waals surface area (Å²) in [6, 6.07) is 11.6. The summed E-state index contributed by atoms with van der Waals surface area (Å²) in [5.74, 6) is 3.31. The molecule has 1 atom stereocenters. The predicted molar refractivity (Wildman–Crippen MR) is 107 cm³/mol. The van der Waals surface area contributed by atoms with Gasteiger partial charge in [0.2, 0.25) is 0 Å². The number of carbonyl (C=O) groups is 1. The van der Waals surface area contributed by atoms with Gasteiger partial charge < -0.3 is 5.32 Å². The van der Waals surface area contributed by atoms with Crippen molar-refractivity contribution in [3.05, 3.63) is 65.2 Å². The van der Waals surface area contributed by atoms with Crippen molar-refractivity contribution >= 4 is 21.3 Å². The molecule has 7 heteroatoms. The fraction of sp³-hybridized carbons (Fsp3) is 0.333. The van der Waals surface area contributed by atoms with Crippen LogP contribution in [0.3, 0.4) is 0 Å². The van der Waals surface area contributed by atoms with Crippen LogP contribution >= 0.6 is 0 Å². The summed E-state index contributed by atoms with van der Waals surface area (Å²) in [4.78, 5) is 12.9. The molecule has 0 spiro atoms. The Hall–Kier alpha value is -2.28. The first-order valence-electron chi connectivity index (χ1n) is 8.65. The quantitative estimate of drug-likeness (QED) is 0.716. The summed E-state index contributed by atoms with van der Waals surface area (Å²) in [6.45, 7) is 4.06. The zero-order valence-electron chi connectivity index (χ0n) is 16.1. The first kappa shape index (κ1) is 22.0. The topological polar surface area (TPSA) is 46.2 Å². The highest BCUT2D eigenvalue weighted by atomic mass is 32.2. The molecule has 2 rings (SSSR count). The number of hydrogen-bond donors (Lipinski definition) is 1. The number of carbonyl (C=O) groups excluding carboxylic acids is 1. The molecular weight excluding hydrogens is 387 g/mol. The van der Waals surface area contributed by atoms with Crippen molar-refractivity contribution in [2.24, 2.45) is 5.41 Å². The molecule has 0 aliphatic carbocycles. The average molecular weight is 411 g/mol. The maximum atomic E-state index is 12.9. The van der Waals surface area contributed by atoms with E-state index < -0.39 is 26.7 Å². The van der Waals surface area contributed by atoms with Gasteiger partial charge in [-0.05, 0) is 63.1 Å². The number of benzene rings is 2. The van der Waals surface area contributed by atoms with Crippen LogP contribution in [0.25, 0.3) is 0 Å². The van der Waals surface area contributed by atoms with Crippen LogP contribution in [0.15, 0.2) is 53.4 Å². The largest absolute Gasteiger partial charge is 0.416 e. The molecule has 1 amide bonds. The van der Waals surface area contributed by atoms with Crippen molar-refractivity contribution in [2.75, 3.05) is 12.8 Å². The Morgan fingerprint density at radius 2 is 1.71 bits per heavy atom. The van der Waals surface area contributed by atoms with Crippen molar-refractivity contribution in [2.45, 2.75) is 31.3 Å². The Kier molecular flexibility index (Phi) is 6.28. The highest BCUT2D eigenvalue weighted by Gasteiger charge is 2.31. The summed E-state index contributed by atoms with van der Waals surface area (Å²) >= 11 is 0. The third-order valence-electron chi connectivity index (χ3n) is 4.28. The summed E-state index contributed by atoms with van der Waals surface area (Å²) in [7, 11) is -2.34. The molecule has 0 heterocycles. The van der Waals surface area contributed by atoms with E-state index in [0.717, 1.165) is 12.1 Å². The van der Waals surface area contributed by atoms with Crippen molar-refractivity contribution in [3.63, 3.8) is 0 Å². The fourth-order valence-electron chi connectivity index (χ4n) is 2.79. The zero-order valence-corrected chi connectivity index (χ0v) is 16.9. The van der Waals surface area contributed by atoms with Gasteiger partial charge >= 0.3 is 6.18 Å². The van der Waals surface area contributed by atoms with E-state index in [-0.39, 0.29) is 5.91 Å². The van der Waals surface area contributed by atoms with E-state index in [2.05, 4.69) is 11.2 Å². The highest BCUT2D eigenvalue weighted by Crippen LogP contribution is 2.31. The smallest absolute Gasteiger partial charge is 0.351 e. The molecule has 0 bridgehead atoms. The second kappa shape index (κ2) is 7.99. The molecule has 0 aliphatic heterocycles. The van der Waals surface area contributed by atoms with E-state index >= 15 is 0 Å². The summed E-state index contributed by atoms with van der Waals surface area (Å²) < 4.78 is 50.5. The SMILES string of the molecule is C=S(C)(=O)c1ccc(C(=O)NCC(C)(C)Cc2cccc(C(F)(F)F)c2)cc1. The standard InChI is InChI=1S/C21H24F3NO2S/c1-20(2,13-15-6-5-7-17(12-15)21(22,23)24)14-25-19(26)16-8-10-18(11-9-16)28(3,4)27/h5-12H,3,13-14H2,1-2,4H3,(H,25,26). The fourth-order valence-corrected chi connectivity index (χ4v) is 3.50. The Balaban J connectivity index is 2.02. The van der Waals surface area contributed by atoms with Crippen LogP contribution in [0.5, 0.6) is 0 Å². The third-order valence-corrected chi connectivity index (χ3v) is 5.55. The Morgan fingerprint density at radius 1 is 1.11 bits per heavy atom. The zero-order chi connectivity index (χ0) is 21.2. The molecule has 152 valence electrons. The Labute approximate surface area is 164 Å². The van der Waals surface area contributed by atoms with E-state index in [9.17, 15) is 22.2 Å². The molecule has 1 N–H and O–H groups in total. The van der Waals surface area contributed by atoms with Crippen LogP contribution in [0.1, 0.15) is 35.3 Å². The number of halogens is 3. The molecule has 0 aromatic heterocycles. The molecule has 0 aliphatic rings. The lowest BCUT2D eigenvalue weighted by atomic mass is 9.85. The summed E-state index contributed by atoms with van der Waals surface area (Å²) in [5, 5.41) is 2.81. The minimum atomic E-state index is -4.38. The van der Waals surface area contributed by atoms with E-state index in [1.165, 1.54) is 12.3 Å². The predicted octanol–water partition coefficient (Wildman–Crippen LogP) is 4.41. The molecular formula is C21H24F3NO2S. The van der Waals surface area contributed by atoms with Gasteiger partial charge in [0.1, 0.15) is 0 Å². The van der Waals surface area contributed by atoms with Gasteiger partial charge in [0, 0.05) is 23.3 Å². The van der Waals surface area contributed by atoms with Crippen LogP contribution in [0.2, 0.25) is 0 Å².